The molecule has 1 N–H and O–H groups in total. The molecule has 1 aliphatic heterocycles. The Labute approximate surface area is 204 Å². The zero-order valence-corrected chi connectivity index (χ0v) is 19.9. The van der Waals surface area contributed by atoms with Gasteiger partial charge >= 0.3 is 0 Å². The highest BCUT2D eigenvalue weighted by atomic mass is 16.2. The summed E-state index contributed by atoms with van der Waals surface area (Å²) >= 11 is 0. The van der Waals surface area contributed by atoms with Gasteiger partial charge in [-0.2, -0.15) is 5.10 Å². The van der Waals surface area contributed by atoms with Crippen molar-refractivity contribution >= 4 is 23.1 Å². The van der Waals surface area contributed by atoms with Gasteiger partial charge in [-0.1, -0.05) is 42.5 Å². The summed E-state index contributed by atoms with van der Waals surface area (Å²) in [6.07, 6.45) is 3.31. The molecular formula is C27H28N6O2. The van der Waals surface area contributed by atoms with Crippen molar-refractivity contribution < 1.29 is 9.59 Å². The second kappa shape index (κ2) is 9.68. The molecule has 1 aliphatic rings. The third-order valence-electron chi connectivity index (χ3n) is 6.61. The summed E-state index contributed by atoms with van der Waals surface area (Å²) in [5.74, 6) is -0.129. The first kappa shape index (κ1) is 22.7. The van der Waals surface area contributed by atoms with Gasteiger partial charge in [0.2, 0.25) is 5.91 Å². The third-order valence-corrected chi connectivity index (χ3v) is 6.61. The van der Waals surface area contributed by atoms with Gasteiger partial charge in [0.1, 0.15) is 5.56 Å². The van der Waals surface area contributed by atoms with Crippen LogP contribution in [0.1, 0.15) is 21.5 Å². The lowest BCUT2D eigenvalue weighted by molar-refractivity contribution is -0.117. The van der Waals surface area contributed by atoms with Crippen LogP contribution in [-0.4, -0.2) is 68.9 Å². The van der Waals surface area contributed by atoms with Crippen molar-refractivity contribution in [3.05, 3.63) is 83.7 Å². The second-order valence-corrected chi connectivity index (χ2v) is 8.85. The molecule has 3 heterocycles. The molecule has 2 amide bonds. The lowest BCUT2D eigenvalue weighted by atomic mass is 10.1. The van der Waals surface area contributed by atoms with Crippen molar-refractivity contribution in [3.63, 3.8) is 0 Å². The number of hydrogen-bond acceptors (Lipinski definition) is 5. The fourth-order valence-electron chi connectivity index (χ4n) is 4.43. The van der Waals surface area contributed by atoms with Gasteiger partial charge in [-0.25, -0.2) is 9.50 Å². The highest BCUT2D eigenvalue weighted by Crippen LogP contribution is 2.22. The van der Waals surface area contributed by atoms with E-state index in [4.69, 9.17) is 0 Å². The Hall–Kier alpha value is -4.04. The van der Waals surface area contributed by atoms with Crippen molar-refractivity contribution in [1.29, 1.82) is 0 Å². The molecule has 178 valence electrons. The molecule has 1 saturated heterocycles. The van der Waals surface area contributed by atoms with Crippen molar-refractivity contribution in [2.75, 3.05) is 38.0 Å². The number of carbonyl (C=O) groups is 2. The summed E-state index contributed by atoms with van der Waals surface area (Å²) < 4.78 is 1.72. The first-order valence-corrected chi connectivity index (χ1v) is 11.8. The van der Waals surface area contributed by atoms with Gasteiger partial charge in [-0.15, -0.1) is 0 Å². The normalized spacial score (nSPS) is 14.3. The van der Waals surface area contributed by atoms with Crippen LogP contribution in [0.5, 0.6) is 0 Å². The number of nitrogens with zero attached hydrogens (tertiary/aromatic N) is 5. The Morgan fingerprint density at radius 1 is 0.943 bits per heavy atom. The minimum Gasteiger partial charge on any atom is -0.336 e. The van der Waals surface area contributed by atoms with Crippen molar-refractivity contribution in [3.8, 4) is 11.3 Å². The second-order valence-electron chi connectivity index (χ2n) is 8.85. The van der Waals surface area contributed by atoms with E-state index in [9.17, 15) is 9.59 Å². The largest absolute Gasteiger partial charge is 0.336 e. The predicted octanol–water partition coefficient (Wildman–Crippen LogP) is 3.41. The molecule has 1 fully saturated rings. The monoisotopic (exact) mass is 468 g/mol. The topological polar surface area (TPSA) is 82.8 Å². The molecule has 2 aromatic heterocycles. The number of benzene rings is 2. The summed E-state index contributed by atoms with van der Waals surface area (Å²) in [5, 5.41) is 7.47. The number of nitrogens with one attached hydrogen (secondary N) is 1. The van der Waals surface area contributed by atoms with E-state index in [2.05, 4.69) is 20.3 Å². The zero-order chi connectivity index (χ0) is 24.4. The number of anilines is 1. The summed E-state index contributed by atoms with van der Waals surface area (Å²) in [6.45, 7) is 6.70. The van der Waals surface area contributed by atoms with E-state index in [0.717, 1.165) is 28.1 Å². The number of fused-ring (bicyclic) bond motifs is 1. The predicted molar refractivity (Wildman–Crippen MR) is 135 cm³/mol. The molecule has 0 unspecified atom stereocenters. The molecule has 0 aliphatic carbocycles. The molecule has 2 aromatic carbocycles. The van der Waals surface area contributed by atoms with Gasteiger partial charge < -0.3 is 10.2 Å². The maximum absolute atomic E-state index is 13.3. The maximum atomic E-state index is 13.3. The van der Waals surface area contributed by atoms with E-state index in [1.54, 1.807) is 16.9 Å². The van der Waals surface area contributed by atoms with E-state index >= 15 is 0 Å². The summed E-state index contributed by atoms with van der Waals surface area (Å²) in [4.78, 5) is 34.2. The van der Waals surface area contributed by atoms with Crippen molar-refractivity contribution in [2.24, 2.45) is 0 Å². The van der Waals surface area contributed by atoms with Crippen LogP contribution in [0.2, 0.25) is 0 Å². The molecule has 5 rings (SSSR count). The van der Waals surface area contributed by atoms with Crippen LogP contribution in [0, 0.1) is 13.8 Å². The highest BCUT2D eigenvalue weighted by molar-refractivity contribution is 6.00. The van der Waals surface area contributed by atoms with Gasteiger partial charge in [0, 0.05) is 43.6 Å². The smallest absolute Gasteiger partial charge is 0.259 e. The lowest BCUT2D eigenvalue weighted by Gasteiger charge is -2.34. The Morgan fingerprint density at radius 3 is 2.49 bits per heavy atom. The molecular weight excluding hydrogens is 440 g/mol. The van der Waals surface area contributed by atoms with Gasteiger partial charge in [0.25, 0.3) is 5.91 Å². The number of carbonyl (C=O) groups excluding carboxylic acids is 2. The van der Waals surface area contributed by atoms with E-state index in [1.165, 1.54) is 0 Å². The molecule has 8 nitrogen and oxygen atoms in total. The molecule has 0 atom stereocenters. The average Bonchev–Trinajstić information content (AvgIpc) is 3.32. The average molecular weight is 469 g/mol. The van der Waals surface area contributed by atoms with Crippen molar-refractivity contribution in [2.45, 2.75) is 13.8 Å². The van der Waals surface area contributed by atoms with Crippen LogP contribution in [0.15, 0.2) is 67.0 Å². The standard InChI is InChI=1S/C27H28N6O2/c1-19-7-6-10-23(20(19)2)30-25(34)18-31-13-15-32(16-14-31)27(35)22-17-29-33-24(11-12-28-26(22)33)21-8-4-3-5-9-21/h3-12,17H,13-16,18H2,1-2H3,(H,30,34). The summed E-state index contributed by atoms with van der Waals surface area (Å²) in [6, 6.07) is 17.7. The summed E-state index contributed by atoms with van der Waals surface area (Å²) in [5.41, 5.74) is 6.00. The zero-order valence-electron chi connectivity index (χ0n) is 19.9. The molecule has 0 spiro atoms. The molecule has 0 saturated carbocycles. The quantitative estimate of drug-likeness (QED) is 0.485. The van der Waals surface area contributed by atoms with Gasteiger partial charge in [0.15, 0.2) is 5.65 Å². The van der Waals surface area contributed by atoms with E-state index in [-0.39, 0.29) is 11.8 Å². The SMILES string of the molecule is Cc1cccc(NC(=O)CN2CCN(C(=O)c3cnn4c(-c5ccccc5)ccnc34)CC2)c1C. The Bertz CT molecular complexity index is 1370. The summed E-state index contributed by atoms with van der Waals surface area (Å²) in [7, 11) is 0. The van der Waals surface area contributed by atoms with E-state index in [0.29, 0.717) is 43.9 Å². The number of rotatable bonds is 5. The molecule has 8 heteroatoms. The molecule has 4 aromatic rings. The van der Waals surface area contributed by atoms with Crippen molar-refractivity contribution in [1.82, 2.24) is 24.4 Å². The Balaban J connectivity index is 1.23. The van der Waals surface area contributed by atoms with Crippen LogP contribution in [0.25, 0.3) is 16.9 Å². The van der Waals surface area contributed by atoms with Gasteiger partial charge in [-0.05, 0) is 37.1 Å². The number of hydrogen-bond donors (Lipinski definition) is 1. The highest BCUT2D eigenvalue weighted by Gasteiger charge is 2.26. The minimum atomic E-state index is -0.0859. The number of piperazine rings is 1. The Morgan fingerprint density at radius 2 is 1.71 bits per heavy atom. The maximum Gasteiger partial charge on any atom is 0.259 e. The number of aryl methyl sites for hydroxylation is 1. The van der Waals surface area contributed by atoms with Crippen LogP contribution in [0.4, 0.5) is 5.69 Å². The van der Waals surface area contributed by atoms with Crippen LogP contribution >= 0.6 is 0 Å². The van der Waals surface area contributed by atoms with E-state index < -0.39 is 0 Å². The Kier molecular flexibility index (Phi) is 6.29. The fourth-order valence-corrected chi connectivity index (χ4v) is 4.43. The first-order chi connectivity index (χ1) is 17.0. The van der Waals surface area contributed by atoms with Gasteiger partial charge in [-0.3, -0.25) is 14.5 Å². The number of aromatic nitrogens is 3. The first-order valence-electron chi connectivity index (χ1n) is 11.8. The van der Waals surface area contributed by atoms with E-state index in [1.807, 2.05) is 73.3 Å². The van der Waals surface area contributed by atoms with Crippen LogP contribution < -0.4 is 5.32 Å². The van der Waals surface area contributed by atoms with Crippen LogP contribution in [0.3, 0.4) is 0 Å². The fraction of sp³-hybridized carbons (Fsp3) is 0.259. The lowest BCUT2D eigenvalue weighted by Crippen LogP contribution is -2.50. The van der Waals surface area contributed by atoms with Crippen LogP contribution in [-0.2, 0) is 4.79 Å². The molecule has 35 heavy (non-hydrogen) atoms. The third kappa shape index (κ3) is 4.65. The number of amides is 2. The molecule has 0 bridgehead atoms. The molecule has 0 radical (unpaired) electrons. The van der Waals surface area contributed by atoms with Gasteiger partial charge in [0.05, 0.1) is 18.4 Å². The minimum absolute atomic E-state index is 0.0428.